The number of hydrogen-bond acceptors (Lipinski definition) is 5. The van der Waals surface area contributed by atoms with Crippen LogP contribution in [0.25, 0.3) is 0 Å². The Hall–Kier alpha value is -1.46. The topological polar surface area (TPSA) is 66.7 Å². The molecule has 1 aromatic rings. The van der Waals surface area contributed by atoms with Gasteiger partial charge in [0.25, 0.3) is 0 Å². The molecule has 1 rings (SSSR count). The molecular formula is C14H23N3O2. The van der Waals surface area contributed by atoms with Gasteiger partial charge < -0.3 is 15.3 Å². The normalized spacial score (nSPS) is 14.3. The number of nitrogens with zero attached hydrogens (tertiary/aromatic N) is 2. The average molecular weight is 265 g/mol. The van der Waals surface area contributed by atoms with Crippen molar-refractivity contribution in [2.75, 3.05) is 13.2 Å². The summed E-state index contributed by atoms with van der Waals surface area (Å²) in [5.74, 6) is 0. The van der Waals surface area contributed by atoms with Crippen LogP contribution in [0.3, 0.4) is 0 Å². The minimum Gasteiger partial charge on any atom is -0.393 e. The summed E-state index contributed by atoms with van der Waals surface area (Å²) < 4.78 is 0. The van der Waals surface area contributed by atoms with E-state index in [0.29, 0.717) is 6.54 Å². The molecule has 1 atom stereocenters. The second-order valence-corrected chi connectivity index (χ2v) is 5.49. The fraction of sp³-hybridized carbons (Fsp3) is 0.571. The van der Waals surface area contributed by atoms with E-state index in [4.69, 9.17) is 4.84 Å². The van der Waals surface area contributed by atoms with Gasteiger partial charge in [-0.2, -0.15) is 0 Å². The van der Waals surface area contributed by atoms with Crippen LogP contribution in [0.5, 0.6) is 0 Å². The summed E-state index contributed by atoms with van der Waals surface area (Å²) in [5.41, 5.74) is 1.70. The highest BCUT2D eigenvalue weighted by Crippen LogP contribution is 2.01. The summed E-state index contributed by atoms with van der Waals surface area (Å²) in [4.78, 5) is 9.09. The smallest absolute Gasteiger partial charge is 0.144 e. The van der Waals surface area contributed by atoms with Crippen LogP contribution in [0.1, 0.15) is 33.3 Å². The number of oxime groups is 1. The van der Waals surface area contributed by atoms with Gasteiger partial charge in [0.15, 0.2) is 0 Å². The first-order chi connectivity index (χ1) is 8.88. The number of β-amino-alcohol motifs (C(OH)–C–C–N with tert-alkyl or cyclic N) is 1. The predicted molar refractivity (Wildman–Crippen MR) is 76.2 cm³/mol. The molecule has 0 fully saturated rings. The highest BCUT2D eigenvalue weighted by atomic mass is 16.6. The minimum absolute atomic E-state index is 0.0167. The fourth-order valence-corrected chi connectivity index (χ4v) is 1.35. The third kappa shape index (κ3) is 6.88. The van der Waals surface area contributed by atoms with Crippen LogP contribution in [-0.4, -0.2) is 40.6 Å². The van der Waals surface area contributed by atoms with Gasteiger partial charge in [0, 0.05) is 30.0 Å². The Bertz CT molecular complexity index is 399. The predicted octanol–water partition coefficient (Wildman–Crippen LogP) is 1.57. The molecule has 106 valence electrons. The number of hydrogen-bond donors (Lipinski definition) is 2. The molecule has 1 unspecified atom stereocenters. The zero-order valence-corrected chi connectivity index (χ0v) is 12.1. The summed E-state index contributed by atoms with van der Waals surface area (Å²) in [5, 5.41) is 16.9. The van der Waals surface area contributed by atoms with Crippen LogP contribution >= 0.6 is 0 Å². The molecule has 0 aliphatic rings. The van der Waals surface area contributed by atoms with E-state index in [1.165, 1.54) is 0 Å². The Kier molecular flexibility index (Phi) is 5.92. The van der Waals surface area contributed by atoms with Crippen LogP contribution in [0.4, 0.5) is 0 Å². The number of rotatable bonds is 6. The quantitative estimate of drug-likeness (QED) is 0.605. The molecule has 0 aliphatic heterocycles. The summed E-state index contributed by atoms with van der Waals surface area (Å²) in [6, 6.07) is 3.72. The van der Waals surface area contributed by atoms with Gasteiger partial charge in [-0.3, -0.25) is 4.98 Å². The van der Waals surface area contributed by atoms with E-state index in [2.05, 4.69) is 15.5 Å². The van der Waals surface area contributed by atoms with Gasteiger partial charge in [-0.1, -0.05) is 5.16 Å². The maximum Gasteiger partial charge on any atom is 0.144 e. The van der Waals surface area contributed by atoms with Crippen LogP contribution in [0.2, 0.25) is 0 Å². The van der Waals surface area contributed by atoms with E-state index in [9.17, 15) is 5.11 Å². The van der Waals surface area contributed by atoms with Crippen LogP contribution in [0.15, 0.2) is 29.7 Å². The first-order valence-electron chi connectivity index (χ1n) is 6.38. The van der Waals surface area contributed by atoms with Gasteiger partial charge >= 0.3 is 0 Å². The standard InChI is InChI=1S/C14H23N3O2/c1-11(12-5-7-15-8-6-12)17-19-10-13(18)9-16-14(2,3)4/h5-8,13,16,18H,9-10H2,1-4H3/b17-11+. The van der Waals surface area contributed by atoms with Crippen molar-refractivity contribution in [1.29, 1.82) is 0 Å². The number of nitrogens with one attached hydrogen (secondary N) is 1. The maximum absolute atomic E-state index is 9.73. The highest BCUT2D eigenvalue weighted by Gasteiger charge is 2.12. The molecule has 0 bridgehead atoms. The largest absolute Gasteiger partial charge is 0.393 e. The first-order valence-corrected chi connectivity index (χ1v) is 6.38. The van der Waals surface area contributed by atoms with Crippen LogP contribution < -0.4 is 5.32 Å². The molecule has 0 aromatic carbocycles. The Labute approximate surface area is 114 Å². The molecule has 1 aromatic heterocycles. The summed E-state index contributed by atoms with van der Waals surface area (Å²) in [7, 11) is 0. The maximum atomic E-state index is 9.73. The van der Waals surface area contributed by atoms with Crippen molar-refractivity contribution < 1.29 is 9.94 Å². The zero-order chi connectivity index (χ0) is 14.3. The lowest BCUT2D eigenvalue weighted by atomic mass is 10.1. The zero-order valence-electron chi connectivity index (χ0n) is 12.1. The van der Waals surface area contributed by atoms with Crippen molar-refractivity contribution in [2.45, 2.75) is 39.3 Å². The molecule has 0 aliphatic carbocycles. The molecular weight excluding hydrogens is 242 g/mol. The van der Waals surface area contributed by atoms with Gasteiger partial charge in [-0.05, 0) is 39.8 Å². The van der Waals surface area contributed by atoms with E-state index in [0.717, 1.165) is 11.3 Å². The second-order valence-electron chi connectivity index (χ2n) is 5.49. The molecule has 0 amide bonds. The molecule has 0 radical (unpaired) electrons. The number of aromatic nitrogens is 1. The highest BCUT2D eigenvalue weighted by molar-refractivity contribution is 5.98. The Morgan fingerprint density at radius 1 is 1.42 bits per heavy atom. The third-order valence-corrected chi connectivity index (χ3v) is 2.43. The monoisotopic (exact) mass is 265 g/mol. The molecule has 0 saturated heterocycles. The molecule has 0 saturated carbocycles. The fourth-order valence-electron chi connectivity index (χ4n) is 1.35. The second kappa shape index (κ2) is 7.21. The molecule has 19 heavy (non-hydrogen) atoms. The number of aliphatic hydroxyl groups excluding tert-OH is 1. The van der Waals surface area contributed by atoms with E-state index < -0.39 is 6.10 Å². The first kappa shape index (κ1) is 15.6. The van der Waals surface area contributed by atoms with Crippen molar-refractivity contribution in [3.05, 3.63) is 30.1 Å². The Morgan fingerprint density at radius 2 is 2.05 bits per heavy atom. The van der Waals surface area contributed by atoms with E-state index in [1.807, 2.05) is 39.8 Å². The molecule has 1 heterocycles. The van der Waals surface area contributed by atoms with Crippen LogP contribution in [0, 0.1) is 0 Å². The Balaban J connectivity index is 2.33. The van der Waals surface area contributed by atoms with E-state index in [1.54, 1.807) is 12.4 Å². The van der Waals surface area contributed by atoms with Crippen LogP contribution in [-0.2, 0) is 4.84 Å². The van der Waals surface area contributed by atoms with Crippen molar-refractivity contribution >= 4 is 5.71 Å². The number of aliphatic hydroxyl groups is 1. The van der Waals surface area contributed by atoms with Gasteiger partial charge in [0.05, 0.1) is 5.71 Å². The molecule has 2 N–H and O–H groups in total. The summed E-state index contributed by atoms with van der Waals surface area (Å²) in [6.45, 7) is 8.65. The Morgan fingerprint density at radius 3 is 2.63 bits per heavy atom. The van der Waals surface area contributed by atoms with Crippen molar-refractivity contribution in [1.82, 2.24) is 10.3 Å². The lowest BCUT2D eigenvalue weighted by Gasteiger charge is -2.22. The minimum atomic E-state index is -0.576. The molecule has 0 spiro atoms. The van der Waals surface area contributed by atoms with Gasteiger partial charge in [-0.25, -0.2) is 0 Å². The molecule has 5 nitrogen and oxygen atoms in total. The lowest BCUT2D eigenvalue weighted by Crippen LogP contribution is -2.42. The van der Waals surface area contributed by atoms with Crippen molar-refractivity contribution in [3.63, 3.8) is 0 Å². The summed E-state index contributed by atoms with van der Waals surface area (Å²) >= 11 is 0. The average Bonchev–Trinajstić information content (AvgIpc) is 2.36. The van der Waals surface area contributed by atoms with Crippen molar-refractivity contribution in [3.8, 4) is 0 Å². The van der Waals surface area contributed by atoms with E-state index >= 15 is 0 Å². The van der Waals surface area contributed by atoms with E-state index in [-0.39, 0.29) is 12.1 Å². The van der Waals surface area contributed by atoms with Crippen molar-refractivity contribution in [2.24, 2.45) is 5.16 Å². The third-order valence-electron chi connectivity index (χ3n) is 2.43. The van der Waals surface area contributed by atoms with Gasteiger partial charge in [-0.15, -0.1) is 0 Å². The van der Waals surface area contributed by atoms with Gasteiger partial charge in [0.1, 0.15) is 12.7 Å². The SMILES string of the molecule is C/C(=N\OCC(O)CNC(C)(C)C)c1ccncc1. The lowest BCUT2D eigenvalue weighted by molar-refractivity contribution is 0.0373. The number of pyridine rings is 1. The summed E-state index contributed by atoms with van der Waals surface area (Å²) in [6.07, 6.45) is 2.83. The molecule has 5 heteroatoms. The van der Waals surface area contributed by atoms with Gasteiger partial charge in [0.2, 0.25) is 0 Å².